The van der Waals surface area contributed by atoms with Crippen molar-refractivity contribution in [1.29, 1.82) is 0 Å². The lowest BCUT2D eigenvalue weighted by atomic mass is 10.0. The van der Waals surface area contributed by atoms with Crippen molar-refractivity contribution in [2.24, 2.45) is 5.73 Å². The third-order valence-corrected chi connectivity index (χ3v) is 3.32. The van der Waals surface area contributed by atoms with Gasteiger partial charge in [0.15, 0.2) is 0 Å². The average molecular weight is 292 g/mol. The van der Waals surface area contributed by atoms with Crippen molar-refractivity contribution < 1.29 is 14.7 Å². The quantitative estimate of drug-likeness (QED) is 0.575. The molecule has 4 N–H and O–H groups in total. The summed E-state index contributed by atoms with van der Waals surface area (Å²) >= 11 is 0. The average Bonchev–Trinajstić information content (AvgIpc) is 2.47. The summed E-state index contributed by atoms with van der Waals surface area (Å²) in [4.78, 5) is 22.7. The van der Waals surface area contributed by atoms with Gasteiger partial charge in [0.2, 0.25) is 5.91 Å². The van der Waals surface area contributed by atoms with Gasteiger partial charge in [-0.25, -0.2) is 4.79 Å². The van der Waals surface area contributed by atoms with Crippen LogP contribution in [0, 0.1) is 0 Å². The lowest BCUT2D eigenvalue weighted by Crippen LogP contribution is -2.25. The van der Waals surface area contributed by atoms with Gasteiger partial charge in [0.1, 0.15) is 0 Å². The molecule has 0 unspecified atom stereocenters. The molecule has 1 aromatic carbocycles. The number of carboxylic acids is 1. The molecule has 1 amide bonds. The van der Waals surface area contributed by atoms with Crippen molar-refractivity contribution in [3.05, 3.63) is 35.4 Å². The van der Waals surface area contributed by atoms with E-state index in [9.17, 15) is 9.59 Å². The number of carboxylic acid groups (broad SMARTS) is 1. The Kier molecular flexibility index (Phi) is 8.12. The molecule has 0 spiro atoms. The molecule has 0 saturated heterocycles. The molecule has 5 heteroatoms. The van der Waals surface area contributed by atoms with Crippen LogP contribution in [0.5, 0.6) is 0 Å². The highest BCUT2D eigenvalue weighted by molar-refractivity contribution is 5.89. The second-order valence-corrected chi connectivity index (χ2v) is 5.02. The Morgan fingerprint density at radius 2 is 1.81 bits per heavy atom. The molecule has 0 fully saturated rings. The van der Waals surface area contributed by atoms with Gasteiger partial charge in [0.05, 0.1) is 5.56 Å². The normalized spacial score (nSPS) is 10.3. The van der Waals surface area contributed by atoms with Crippen molar-refractivity contribution in [1.82, 2.24) is 5.32 Å². The van der Waals surface area contributed by atoms with Gasteiger partial charge < -0.3 is 16.2 Å². The van der Waals surface area contributed by atoms with Gasteiger partial charge in [0.25, 0.3) is 0 Å². The lowest BCUT2D eigenvalue weighted by molar-refractivity contribution is -0.121. The minimum atomic E-state index is -0.933. The summed E-state index contributed by atoms with van der Waals surface area (Å²) in [5.74, 6) is -0.910. The Hall–Kier alpha value is -1.88. The first-order valence-electron chi connectivity index (χ1n) is 7.43. The Bertz CT molecular complexity index is 461. The minimum absolute atomic E-state index is 0.0237. The SMILES string of the molecule is NCCCCCCC(=O)NCCc1ccccc1C(=O)O. The van der Waals surface area contributed by atoms with E-state index in [4.69, 9.17) is 10.8 Å². The van der Waals surface area contributed by atoms with Gasteiger partial charge in [-0.1, -0.05) is 31.0 Å². The number of carbonyl (C=O) groups excluding carboxylic acids is 1. The van der Waals surface area contributed by atoms with Crippen LogP contribution in [0.25, 0.3) is 0 Å². The molecule has 21 heavy (non-hydrogen) atoms. The van der Waals surface area contributed by atoms with Crippen molar-refractivity contribution in [2.75, 3.05) is 13.1 Å². The molecular weight excluding hydrogens is 268 g/mol. The second-order valence-electron chi connectivity index (χ2n) is 5.02. The summed E-state index contributed by atoms with van der Waals surface area (Å²) in [6.45, 7) is 1.17. The van der Waals surface area contributed by atoms with E-state index in [0.717, 1.165) is 31.2 Å². The molecule has 0 aliphatic rings. The maximum Gasteiger partial charge on any atom is 0.335 e. The van der Waals surface area contributed by atoms with E-state index in [0.29, 0.717) is 31.5 Å². The van der Waals surface area contributed by atoms with E-state index in [-0.39, 0.29) is 5.91 Å². The van der Waals surface area contributed by atoms with E-state index in [1.165, 1.54) is 0 Å². The maximum absolute atomic E-state index is 11.6. The van der Waals surface area contributed by atoms with Crippen molar-refractivity contribution in [3.8, 4) is 0 Å². The van der Waals surface area contributed by atoms with Crippen LogP contribution in [-0.2, 0) is 11.2 Å². The van der Waals surface area contributed by atoms with E-state index in [1.807, 2.05) is 0 Å². The molecule has 0 aliphatic carbocycles. The number of rotatable bonds is 10. The molecule has 5 nitrogen and oxygen atoms in total. The third-order valence-electron chi connectivity index (χ3n) is 3.32. The van der Waals surface area contributed by atoms with Crippen LogP contribution in [0.4, 0.5) is 0 Å². The van der Waals surface area contributed by atoms with Gasteiger partial charge in [0, 0.05) is 13.0 Å². The highest BCUT2D eigenvalue weighted by Crippen LogP contribution is 2.09. The number of nitrogens with two attached hydrogens (primary N) is 1. The maximum atomic E-state index is 11.6. The second kappa shape index (κ2) is 9.94. The molecule has 0 saturated carbocycles. The van der Waals surface area contributed by atoms with Gasteiger partial charge in [-0.15, -0.1) is 0 Å². The summed E-state index contributed by atoms with van der Waals surface area (Å²) in [7, 11) is 0. The van der Waals surface area contributed by atoms with Crippen LogP contribution < -0.4 is 11.1 Å². The Morgan fingerprint density at radius 1 is 1.10 bits per heavy atom. The molecule has 0 aromatic heterocycles. The predicted molar refractivity (Wildman–Crippen MR) is 82.3 cm³/mol. The summed E-state index contributed by atoms with van der Waals surface area (Å²) in [6.07, 6.45) is 5.01. The fourth-order valence-corrected chi connectivity index (χ4v) is 2.16. The number of benzene rings is 1. The number of hydrogen-bond donors (Lipinski definition) is 3. The number of amides is 1. The van der Waals surface area contributed by atoms with E-state index >= 15 is 0 Å². The van der Waals surface area contributed by atoms with Gasteiger partial charge in [-0.05, 0) is 37.4 Å². The Morgan fingerprint density at radius 3 is 2.52 bits per heavy atom. The van der Waals surface area contributed by atoms with Crippen molar-refractivity contribution in [2.45, 2.75) is 38.5 Å². The zero-order chi connectivity index (χ0) is 15.5. The zero-order valence-electron chi connectivity index (χ0n) is 12.3. The van der Waals surface area contributed by atoms with E-state index < -0.39 is 5.97 Å². The van der Waals surface area contributed by atoms with Crippen LogP contribution in [0.3, 0.4) is 0 Å². The number of unbranched alkanes of at least 4 members (excludes halogenated alkanes) is 3. The highest BCUT2D eigenvalue weighted by atomic mass is 16.4. The number of hydrogen-bond acceptors (Lipinski definition) is 3. The summed E-state index contributed by atoms with van der Waals surface area (Å²) < 4.78 is 0. The largest absolute Gasteiger partial charge is 0.478 e. The smallest absolute Gasteiger partial charge is 0.335 e. The minimum Gasteiger partial charge on any atom is -0.478 e. The molecular formula is C16H24N2O3. The monoisotopic (exact) mass is 292 g/mol. The van der Waals surface area contributed by atoms with Crippen LogP contribution in [0.1, 0.15) is 48.0 Å². The number of carbonyl (C=O) groups is 2. The molecule has 0 atom stereocenters. The first-order chi connectivity index (χ1) is 10.1. The number of nitrogens with one attached hydrogen (secondary N) is 1. The van der Waals surface area contributed by atoms with E-state index in [2.05, 4.69) is 5.32 Å². The summed E-state index contributed by atoms with van der Waals surface area (Å²) in [5.41, 5.74) is 6.45. The zero-order valence-corrected chi connectivity index (χ0v) is 12.3. The molecule has 0 bridgehead atoms. The highest BCUT2D eigenvalue weighted by Gasteiger charge is 2.08. The Balaban J connectivity index is 2.24. The number of aromatic carboxylic acids is 1. The third kappa shape index (κ3) is 6.90. The van der Waals surface area contributed by atoms with Gasteiger partial charge >= 0.3 is 5.97 Å². The molecule has 116 valence electrons. The molecule has 1 aromatic rings. The molecule has 1 rings (SSSR count). The van der Waals surface area contributed by atoms with Gasteiger partial charge in [-0.3, -0.25) is 4.79 Å². The van der Waals surface area contributed by atoms with Crippen molar-refractivity contribution in [3.63, 3.8) is 0 Å². The topological polar surface area (TPSA) is 92.4 Å². The fourth-order valence-electron chi connectivity index (χ4n) is 2.16. The molecule has 0 aliphatic heterocycles. The summed E-state index contributed by atoms with van der Waals surface area (Å²) in [6, 6.07) is 6.87. The standard InChI is InChI=1S/C16H24N2O3/c17-11-6-2-1-3-9-15(19)18-12-10-13-7-4-5-8-14(13)16(20)21/h4-5,7-8H,1-3,6,9-12,17H2,(H,18,19)(H,20,21). The van der Waals surface area contributed by atoms with Crippen LogP contribution in [-0.4, -0.2) is 30.1 Å². The predicted octanol–water partition coefficient (Wildman–Crippen LogP) is 1.95. The first-order valence-corrected chi connectivity index (χ1v) is 7.43. The van der Waals surface area contributed by atoms with Gasteiger partial charge in [-0.2, -0.15) is 0 Å². The van der Waals surface area contributed by atoms with Crippen LogP contribution in [0.15, 0.2) is 24.3 Å². The fraction of sp³-hybridized carbons (Fsp3) is 0.500. The van der Waals surface area contributed by atoms with Crippen molar-refractivity contribution >= 4 is 11.9 Å². The van der Waals surface area contributed by atoms with Crippen LogP contribution in [0.2, 0.25) is 0 Å². The van der Waals surface area contributed by atoms with E-state index in [1.54, 1.807) is 24.3 Å². The van der Waals surface area contributed by atoms with Crippen LogP contribution >= 0.6 is 0 Å². The Labute approximate surface area is 125 Å². The molecule has 0 radical (unpaired) electrons. The lowest BCUT2D eigenvalue weighted by Gasteiger charge is -2.07. The first kappa shape index (κ1) is 17.2. The molecule has 0 heterocycles. The summed E-state index contributed by atoms with van der Waals surface area (Å²) in [5, 5.41) is 11.9.